The molecule has 0 radical (unpaired) electrons. The highest BCUT2D eigenvalue weighted by atomic mass is 35.5. The lowest BCUT2D eigenvalue weighted by Gasteiger charge is -2.25. The molecule has 0 saturated heterocycles. The number of ether oxygens (including phenoxy) is 1. The summed E-state index contributed by atoms with van der Waals surface area (Å²) < 4.78 is 34.4. The van der Waals surface area contributed by atoms with Crippen LogP contribution in [-0.2, 0) is 12.6 Å². The maximum Gasteiger partial charge on any atom is 0.176 e. The Balaban J connectivity index is 1.97. The van der Waals surface area contributed by atoms with Gasteiger partial charge < -0.3 is 9.30 Å². The lowest BCUT2D eigenvalue weighted by atomic mass is 10.1. The summed E-state index contributed by atoms with van der Waals surface area (Å²) in [5, 5.41) is 17.6. The van der Waals surface area contributed by atoms with Crippen molar-refractivity contribution in [2.45, 2.75) is 19.4 Å². The molecule has 0 aliphatic carbocycles. The highest BCUT2D eigenvalue weighted by Crippen LogP contribution is 2.32. The van der Waals surface area contributed by atoms with E-state index in [0.717, 1.165) is 12.1 Å². The van der Waals surface area contributed by atoms with Gasteiger partial charge in [0.2, 0.25) is 0 Å². The van der Waals surface area contributed by atoms with Crippen molar-refractivity contribution in [2.75, 3.05) is 0 Å². The normalized spacial score (nSPS) is 11.3. The third kappa shape index (κ3) is 3.62. The van der Waals surface area contributed by atoms with E-state index in [4.69, 9.17) is 21.6 Å². The Morgan fingerprint density at radius 2 is 1.89 bits per heavy atom. The second-order valence-electron chi connectivity index (χ2n) is 6.40. The summed E-state index contributed by atoms with van der Waals surface area (Å²) in [5.74, 6) is -0.700. The summed E-state index contributed by atoms with van der Waals surface area (Å²) in [4.78, 5) is 0. The predicted octanol–water partition coefficient (Wildman–Crippen LogP) is 4.60. The molecule has 0 amide bonds. The minimum Gasteiger partial charge on any atom is -0.477 e. The Hall–Kier alpha value is -2.98. The van der Waals surface area contributed by atoms with Gasteiger partial charge in [0, 0.05) is 18.7 Å². The van der Waals surface area contributed by atoms with Crippen molar-refractivity contribution in [3.05, 3.63) is 64.4 Å². The van der Waals surface area contributed by atoms with E-state index in [-0.39, 0.29) is 5.75 Å². The van der Waals surface area contributed by atoms with E-state index >= 15 is 0 Å². The molecule has 0 spiro atoms. The van der Waals surface area contributed by atoms with Crippen molar-refractivity contribution in [3.63, 3.8) is 0 Å². The first kappa shape index (κ1) is 18.8. The van der Waals surface area contributed by atoms with Crippen molar-refractivity contribution < 1.29 is 13.5 Å². The molecule has 3 rings (SSSR count). The fourth-order valence-corrected chi connectivity index (χ4v) is 3.00. The second-order valence-corrected chi connectivity index (χ2v) is 6.81. The van der Waals surface area contributed by atoms with E-state index < -0.39 is 17.2 Å². The number of benzene rings is 2. The molecule has 0 aliphatic heterocycles. The van der Waals surface area contributed by atoms with Gasteiger partial charge in [0.1, 0.15) is 5.82 Å². The van der Waals surface area contributed by atoms with Crippen LogP contribution in [0, 0.1) is 23.0 Å². The second kappa shape index (κ2) is 6.97. The molecule has 1 heterocycles. The van der Waals surface area contributed by atoms with Crippen molar-refractivity contribution in [1.82, 2.24) is 14.8 Å². The fraction of sp³-hybridized carbons (Fsp3) is 0.211. The summed E-state index contributed by atoms with van der Waals surface area (Å²) in [6.45, 7) is 3.40. The lowest BCUT2D eigenvalue weighted by molar-refractivity contribution is 0.0892. The van der Waals surface area contributed by atoms with Crippen LogP contribution in [0.2, 0.25) is 5.02 Å². The van der Waals surface area contributed by atoms with E-state index in [1.165, 1.54) is 6.07 Å². The van der Waals surface area contributed by atoms with Gasteiger partial charge in [-0.25, -0.2) is 8.78 Å². The van der Waals surface area contributed by atoms with Gasteiger partial charge in [-0.2, -0.15) is 5.26 Å². The Bertz CT molecular complexity index is 1060. The SMILES string of the molecule is Cn1c(-c2ccc(C#N)cc2Cl)nnc1C(C)(C)Oc1ccc(F)cc1F. The van der Waals surface area contributed by atoms with Gasteiger partial charge in [-0.1, -0.05) is 11.6 Å². The zero-order valence-corrected chi connectivity index (χ0v) is 15.6. The van der Waals surface area contributed by atoms with Gasteiger partial charge in [-0.05, 0) is 44.2 Å². The minimum atomic E-state index is -1.06. The Kier molecular flexibility index (Phi) is 4.85. The molecule has 138 valence electrons. The quantitative estimate of drug-likeness (QED) is 0.655. The van der Waals surface area contributed by atoms with Crippen LogP contribution in [0.5, 0.6) is 5.75 Å². The van der Waals surface area contributed by atoms with Crippen LogP contribution in [0.15, 0.2) is 36.4 Å². The molecule has 8 heteroatoms. The Morgan fingerprint density at radius 1 is 1.15 bits per heavy atom. The molecule has 27 heavy (non-hydrogen) atoms. The number of nitrogens with zero attached hydrogens (tertiary/aromatic N) is 4. The van der Waals surface area contributed by atoms with E-state index in [2.05, 4.69) is 10.2 Å². The van der Waals surface area contributed by atoms with E-state index in [0.29, 0.717) is 27.8 Å². The van der Waals surface area contributed by atoms with Crippen LogP contribution in [0.3, 0.4) is 0 Å². The summed E-state index contributed by atoms with van der Waals surface area (Å²) in [7, 11) is 1.73. The summed E-state index contributed by atoms with van der Waals surface area (Å²) in [6, 6.07) is 9.97. The summed E-state index contributed by atoms with van der Waals surface area (Å²) in [5.41, 5.74) is -0.0279. The van der Waals surface area contributed by atoms with Gasteiger partial charge in [-0.15, -0.1) is 10.2 Å². The minimum absolute atomic E-state index is 0.0950. The number of hydrogen-bond donors (Lipinski definition) is 0. The standard InChI is InChI=1S/C19H15ClF2N4O/c1-19(2,27-16-7-5-12(21)9-15(16)22)18-25-24-17(26(18)3)13-6-4-11(10-23)8-14(13)20/h4-9H,1-3H3. The van der Waals surface area contributed by atoms with E-state index in [1.807, 2.05) is 6.07 Å². The molecule has 0 atom stereocenters. The van der Waals surface area contributed by atoms with Crippen molar-refractivity contribution >= 4 is 11.6 Å². The molecule has 0 N–H and O–H groups in total. The first-order valence-electron chi connectivity index (χ1n) is 7.97. The molecule has 2 aromatic carbocycles. The molecule has 0 bridgehead atoms. The van der Waals surface area contributed by atoms with Gasteiger partial charge >= 0.3 is 0 Å². The first-order chi connectivity index (χ1) is 12.7. The van der Waals surface area contributed by atoms with Gasteiger partial charge in [0.15, 0.2) is 28.8 Å². The zero-order valence-electron chi connectivity index (χ0n) is 14.8. The molecular weight excluding hydrogens is 374 g/mol. The molecule has 0 saturated carbocycles. The van der Waals surface area contributed by atoms with Crippen LogP contribution in [-0.4, -0.2) is 14.8 Å². The van der Waals surface area contributed by atoms with Crippen LogP contribution in [0.1, 0.15) is 25.2 Å². The monoisotopic (exact) mass is 388 g/mol. The van der Waals surface area contributed by atoms with Crippen molar-refractivity contribution in [2.24, 2.45) is 7.05 Å². The van der Waals surface area contributed by atoms with Crippen molar-refractivity contribution in [3.8, 4) is 23.2 Å². The van der Waals surface area contributed by atoms with Gasteiger partial charge in [0.05, 0.1) is 16.7 Å². The lowest BCUT2D eigenvalue weighted by Crippen LogP contribution is -2.29. The number of halogens is 3. The molecule has 0 fully saturated rings. The Labute approximate surface area is 159 Å². The van der Waals surface area contributed by atoms with Crippen molar-refractivity contribution in [1.29, 1.82) is 5.26 Å². The van der Waals surface area contributed by atoms with E-state index in [1.54, 1.807) is 43.7 Å². The molecule has 1 aromatic heterocycles. The highest BCUT2D eigenvalue weighted by Gasteiger charge is 2.31. The molecule has 0 aliphatic rings. The number of rotatable bonds is 4. The molecular formula is C19H15ClF2N4O. The number of hydrogen-bond acceptors (Lipinski definition) is 4. The Morgan fingerprint density at radius 3 is 2.52 bits per heavy atom. The van der Waals surface area contributed by atoms with E-state index in [9.17, 15) is 8.78 Å². The third-order valence-electron chi connectivity index (χ3n) is 4.01. The van der Waals surface area contributed by atoms with Gasteiger partial charge in [-0.3, -0.25) is 0 Å². The maximum atomic E-state index is 13.9. The number of aromatic nitrogens is 3. The largest absolute Gasteiger partial charge is 0.477 e. The molecule has 0 unspecified atom stereocenters. The average Bonchev–Trinajstić information content (AvgIpc) is 2.99. The average molecular weight is 389 g/mol. The smallest absolute Gasteiger partial charge is 0.176 e. The van der Waals surface area contributed by atoms with Crippen LogP contribution in [0.4, 0.5) is 8.78 Å². The predicted molar refractivity (Wildman–Crippen MR) is 96.2 cm³/mol. The van der Waals surface area contributed by atoms with Crippen LogP contribution < -0.4 is 4.74 Å². The summed E-state index contributed by atoms with van der Waals surface area (Å²) in [6.07, 6.45) is 0. The maximum absolute atomic E-state index is 13.9. The highest BCUT2D eigenvalue weighted by molar-refractivity contribution is 6.33. The third-order valence-corrected chi connectivity index (χ3v) is 4.32. The zero-order chi connectivity index (χ0) is 19.8. The van der Waals surface area contributed by atoms with Crippen LogP contribution >= 0.6 is 11.6 Å². The van der Waals surface area contributed by atoms with Gasteiger partial charge in [0.25, 0.3) is 0 Å². The molecule has 3 aromatic rings. The molecule has 5 nitrogen and oxygen atoms in total. The van der Waals surface area contributed by atoms with Crippen LogP contribution in [0.25, 0.3) is 11.4 Å². The first-order valence-corrected chi connectivity index (χ1v) is 8.34. The summed E-state index contributed by atoms with van der Waals surface area (Å²) >= 11 is 6.25. The fourth-order valence-electron chi connectivity index (χ4n) is 2.73. The topological polar surface area (TPSA) is 63.7 Å². The number of nitriles is 1.